The van der Waals surface area contributed by atoms with Crippen LogP contribution in [0.5, 0.6) is 0 Å². The number of nitrogens with one attached hydrogen (secondary N) is 1. The highest BCUT2D eigenvalue weighted by Gasteiger charge is 2.18. The molecule has 1 unspecified atom stereocenters. The van der Waals surface area contributed by atoms with Gasteiger partial charge in [0.2, 0.25) is 0 Å². The van der Waals surface area contributed by atoms with Crippen LogP contribution >= 0.6 is 0 Å². The molecule has 0 amide bonds. The number of aryl methyl sites for hydroxylation is 2. The lowest BCUT2D eigenvalue weighted by atomic mass is 10.0. The number of benzene rings is 1. The highest BCUT2D eigenvalue weighted by Crippen LogP contribution is 2.23. The number of nitrogens with zero attached hydrogens (tertiary/aromatic N) is 3. The van der Waals surface area contributed by atoms with Gasteiger partial charge in [0.25, 0.3) is 0 Å². The molecule has 0 aliphatic carbocycles. The fourth-order valence-corrected chi connectivity index (χ4v) is 2.00. The third kappa shape index (κ3) is 2.78. The molecule has 2 aromatic rings. The Kier molecular flexibility index (Phi) is 3.90. The third-order valence-corrected chi connectivity index (χ3v) is 3.19. The SMILES string of the molecule is CNC(Cc1ncnn1C)c1cc(C)c(F)cc1F. The Labute approximate surface area is 110 Å². The van der Waals surface area contributed by atoms with Crippen LogP contribution in [0.2, 0.25) is 0 Å². The zero-order chi connectivity index (χ0) is 14.0. The summed E-state index contributed by atoms with van der Waals surface area (Å²) >= 11 is 0. The van der Waals surface area contributed by atoms with Gasteiger partial charge in [0.05, 0.1) is 0 Å². The van der Waals surface area contributed by atoms with Gasteiger partial charge in [-0.15, -0.1) is 0 Å². The van der Waals surface area contributed by atoms with Gasteiger partial charge in [0.15, 0.2) is 0 Å². The van der Waals surface area contributed by atoms with Crippen molar-refractivity contribution in [3.05, 3.63) is 47.0 Å². The van der Waals surface area contributed by atoms with E-state index >= 15 is 0 Å². The van der Waals surface area contributed by atoms with Crippen LogP contribution in [0.3, 0.4) is 0 Å². The van der Waals surface area contributed by atoms with E-state index < -0.39 is 11.6 Å². The predicted octanol–water partition coefficient (Wildman–Crippen LogP) is 1.90. The second kappa shape index (κ2) is 5.44. The van der Waals surface area contributed by atoms with Gasteiger partial charge in [0, 0.05) is 31.1 Å². The molecule has 4 nitrogen and oxygen atoms in total. The summed E-state index contributed by atoms with van der Waals surface area (Å²) < 4.78 is 28.8. The van der Waals surface area contributed by atoms with Crippen LogP contribution in [-0.4, -0.2) is 21.8 Å². The van der Waals surface area contributed by atoms with Crippen LogP contribution in [0, 0.1) is 18.6 Å². The van der Waals surface area contributed by atoms with Crippen LogP contribution in [0.25, 0.3) is 0 Å². The lowest BCUT2D eigenvalue weighted by Gasteiger charge is -2.17. The largest absolute Gasteiger partial charge is 0.313 e. The van der Waals surface area contributed by atoms with Crippen LogP contribution < -0.4 is 5.32 Å². The van der Waals surface area contributed by atoms with Crippen molar-refractivity contribution in [1.82, 2.24) is 20.1 Å². The molecule has 0 spiro atoms. The van der Waals surface area contributed by atoms with Gasteiger partial charge in [-0.2, -0.15) is 5.10 Å². The van der Waals surface area contributed by atoms with Crippen LogP contribution in [-0.2, 0) is 13.5 Å². The third-order valence-electron chi connectivity index (χ3n) is 3.19. The highest BCUT2D eigenvalue weighted by atomic mass is 19.1. The summed E-state index contributed by atoms with van der Waals surface area (Å²) in [4.78, 5) is 4.11. The van der Waals surface area contributed by atoms with Crippen LogP contribution in [0.1, 0.15) is 23.0 Å². The first kappa shape index (κ1) is 13.6. The molecule has 1 atom stereocenters. The second-order valence-corrected chi connectivity index (χ2v) is 4.47. The summed E-state index contributed by atoms with van der Waals surface area (Å²) in [5, 5.41) is 7.00. The molecular weight excluding hydrogens is 250 g/mol. The van der Waals surface area contributed by atoms with E-state index in [1.54, 1.807) is 25.7 Å². The van der Waals surface area contributed by atoms with Crippen LogP contribution in [0.15, 0.2) is 18.5 Å². The molecule has 0 fully saturated rings. The molecule has 1 heterocycles. The second-order valence-electron chi connectivity index (χ2n) is 4.47. The monoisotopic (exact) mass is 266 g/mol. The molecule has 1 aromatic heterocycles. The molecule has 0 aliphatic heterocycles. The number of aromatic nitrogens is 3. The topological polar surface area (TPSA) is 42.7 Å². The molecule has 0 aliphatic rings. The maximum Gasteiger partial charge on any atom is 0.138 e. The fraction of sp³-hybridized carbons (Fsp3) is 0.385. The van der Waals surface area contributed by atoms with Crippen molar-refractivity contribution in [2.75, 3.05) is 7.05 Å². The average Bonchev–Trinajstić information content (AvgIpc) is 2.77. The maximum absolute atomic E-state index is 13.9. The van der Waals surface area contributed by atoms with Gasteiger partial charge < -0.3 is 5.32 Å². The summed E-state index contributed by atoms with van der Waals surface area (Å²) in [6.07, 6.45) is 1.93. The zero-order valence-corrected chi connectivity index (χ0v) is 11.1. The number of hydrogen-bond donors (Lipinski definition) is 1. The van der Waals surface area contributed by atoms with Gasteiger partial charge in [-0.05, 0) is 25.6 Å². The van der Waals surface area contributed by atoms with Gasteiger partial charge in [-0.25, -0.2) is 13.8 Å². The van der Waals surface area contributed by atoms with Crippen molar-refractivity contribution in [2.24, 2.45) is 7.05 Å². The van der Waals surface area contributed by atoms with Crippen molar-refractivity contribution in [3.63, 3.8) is 0 Å². The molecular formula is C13H16F2N4. The average molecular weight is 266 g/mol. The van der Waals surface area contributed by atoms with E-state index in [9.17, 15) is 8.78 Å². The number of hydrogen-bond acceptors (Lipinski definition) is 3. The van der Waals surface area contributed by atoms with Crippen molar-refractivity contribution in [3.8, 4) is 0 Å². The molecule has 0 radical (unpaired) electrons. The lowest BCUT2D eigenvalue weighted by Crippen LogP contribution is -2.22. The van der Waals surface area contributed by atoms with Gasteiger partial charge in [-0.1, -0.05) is 0 Å². The van der Waals surface area contributed by atoms with Crippen molar-refractivity contribution in [2.45, 2.75) is 19.4 Å². The Balaban J connectivity index is 2.32. The van der Waals surface area contributed by atoms with E-state index in [1.165, 1.54) is 12.4 Å². The smallest absolute Gasteiger partial charge is 0.138 e. The Morgan fingerprint density at radius 1 is 1.32 bits per heavy atom. The summed E-state index contributed by atoms with van der Waals surface area (Å²) in [6.45, 7) is 1.62. The molecule has 0 saturated carbocycles. The molecule has 0 bridgehead atoms. The van der Waals surface area contributed by atoms with Gasteiger partial charge in [0.1, 0.15) is 23.8 Å². The summed E-state index contributed by atoms with van der Waals surface area (Å²) in [6, 6.07) is 2.18. The minimum Gasteiger partial charge on any atom is -0.313 e. The van der Waals surface area contributed by atoms with Crippen molar-refractivity contribution in [1.29, 1.82) is 0 Å². The van der Waals surface area contributed by atoms with E-state index in [4.69, 9.17) is 0 Å². The Bertz CT molecular complexity index is 580. The van der Waals surface area contributed by atoms with Gasteiger partial charge in [-0.3, -0.25) is 4.68 Å². The molecule has 19 heavy (non-hydrogen) atoms. The number of halogens is 2. The molecule has 6 heteroatoms. The zero-order valence-electron chi connectivity index (χ0n) is 11.1. The van der Waals surface area contributed by atoms with E-state index in [-0.39, 0.29) is 6.04 Å². The quantitative estimate of drug-likeness (QED) is 0.919. The van der Waals surface area contributed by atoms with Gasteiger partial charge >= 0.3 is 0 Å². The molecule has 0 saturated heterocycles. The maximum atomic E-state index is 13.9. The molecule has 102 valence electrons. The molecule has 1 aromatic carbocycles. The molecule has 1 N–H and O–H groups in total. The van der Waals surface area contributed by atoms with E-state index in [0.717, 1.165) is 11.9 Å². The first-order valence-corrected chi connectivity index (χ1v) is 5.98. The highest BCUT2D eigenvalue weighted by molar-refractivity contribution is 5.28. The summed E-state index contributed by atoms with van der Waals surface area (Å²) in [5.74, 6) is -0.347. The van der Waals surface area contributed by atoms with Crippen LogP contribution in [0.4, 0.5) is 8.78 Å². The minimum atomic E-state index is -0.551. The Morgan fingerprint density at radius 2 is 2.05 bits per heavy atom. The summed E-state index contributed by atoms with van der Waals surface area (Å²) in [5.41, 5.74) is 0.860. The summed E-state index contributed by atoms with van der Waals surface area (Å²) in [7, 11) is 3.51. The standard InChI is InChI=1S/C13H16F2N4/c1-8-4-9(11(15)5-10(8)14)12(16-2)6-13-17-7-18-19(13)3/h4-5,7,12,16H,6H2,1-3H3. The minimum absolute atomic E-state index is 0.276. The van der Waals surface area contributed by atoms with E-state index in [1.807, 2.05) is 0 Å². The number of likely N-dealkylation sites (N-methyl/N-ethyl adjacent to an activating group) is 1. The fourth-order valence-electron chi connectivity index (χ4n) is 2.00. The first-order valence-electron chi connectivity index (χ1n) is 5.98. The Morgan fingerprint density at radius 3 is 2.63 bits per heavy atom. The first-order chi connectivity index (χ1) is 9.02. The van der Waals surface area contributed by atoms with E-state index in [0.29, 0.717) is 17.5 Å². The molecule has 2 rings (SSSR count). The number of rotatable bonds is 4. The normalized spacial score (nSPS) is 12.7. The van der Waals surface area contributed by atoms with Crippen molar-refractivity contribution < 1.29 is 8.78 Å². The van der Waals surface area contributed by atoms with Crippen molar-refractivity contribution >= 4 is 0 Å². The Hall–Kier alpha value is -1.82. The lowest BCUT2D eigenvalue weighted by molar-refractivity contribution is 0.504. The van der Waals surface area contributed by atoms with E-state index in [2.05, 4.69) is 15.4 Å². The predicted molar refractivity (Wildman–Crippen MR) is 67.6 cm³/mol.